The maximum absolute atomic E-state index is 5.78. The Morgan fingerprint density at radius 1 is 0.882 bits per heavy atom. The molecule has 0 aliphatic rings. The number of benzene rings is 1. The van der Waals surface area contributed by atoms with E-state index in [0.717, 1.165) is 17.1 Å². The average Bonchev–Trinajstić information content (AvgIpc) is 2.13. The minimum atomic E-state index is 0.520. The van der Waals surface area contributed by atoms with E-state index in [1.165, 1.54) is 16.7 Å². The fourth-order valence-corrected chi connectivity index (χ4v) is 2.24. The van der Waals surface area contributed by atoms with Crippen LogP contribution >= 0.6 is 0 Å². The van der Waals surface area contributed by atoms with Gasteiger partial charge in [0.05, 0.1) is 0 Å². The van der Waals surface area contributed by atoms with Crippen molar-refractivity contribution in [3.05, 3.63) is 40.6 Å². The lowest BCUT2D eigenvalue weighted by Gasteiger charge is -2.11. The van der Waals surface area contributed by atoms with Crippen LogP contribution in [0, 0.1) is 27.7 Å². The van der Waals surface area contributed by atoms with Crippen LogP contribution in [0.15, 0.2) is 18.2 Å². The van der Waals surface area contributed by atoms with Gasteiger partial charge in [-0.2, -0.15) is 0 Å². The maximum atomic E-state index is 5.78. The van der Waals surface area contributed by atoms with Gasteiger partial charge in [-0.3, -0.25) is 0 Å². The molecule has 0 bridgehead atoms. The molecule has 0 saturated heterocycles. The lowest BCUT2D eigenvalue weighted by molar-refractivity contribution is 1.11. The van der Waals surface area contributed by atoms with Crippen molar-refractivity contribution < 1.29 is 0 Å². The van der Waals surface area contributed by atoms with E-state index in [4.69, 9.17) is 5.73 Å². The minimum absolute atomic E-state index is 0.520. The summed E-state index contributed by atoms with van der Waals surface area (Å²) in [5, 5.41) is 0. The molecule has 0 unspecified atom stereocenters. The number of rotatable bonds is 1. The quantitative estimate of drug-likeness (QED) is 0.814. The zero-order valence-corrected chi connectivity index (χ0v) is 10.7. The number of hydrogen-bond acceptors (Lipinski definition) is 3. The van der Waals surface area contributed by atoms with Gasteiger partial charge in [0.25, 0.3) is 0 Å². The molecular weight excluding hydrogens is 210 g/mol. The molecule has 0 radical (unpaired) electrons. The summed E-state index contributed by atoms with van der Waals surface area (Å²) in [5.41, 5.74) is 11.4. The summed E-state index contributed by atoms with van der Waals surface area (Å²) in [7, 11) is 0. The predicted octanol–water partition coefficient (Wildman–Crippen LogP) is 2.96. The average molecular weight is 227 g/mol. The van der Waals surface area contributed by atoms with Crippen LogP contribution in [-0.2, 0) is 0 Å². The topological polar surface area (TPSA) is 51.8 Å². The number of nitrogens with zero attached hydrogens (tertiary/aromatic N) is 2. The first-order valence-corrected chi connectivity index (χ1v) is 5.67. The van der Waals surface area contributed by atoms with Gasteiger partial charge in [0.2, 0.25) is 0 Å². The van der Waals surface area contributed by atoms with Gasteiger partial charge in [0.15, 0.2) is 5.82 Å². The summed E-state index contributed by atoms with van der Waals surface area (Å²) in [5.74, 6) is 1.24. The maximum Gasteiger partial charge on any atom is 0.162 e. The molecule has 88 valence electrons. The van der Waals surface area contributed by atoms with Gasteiger partial charge in [-0.15, -0.1) is 0 Å². The first kappa shape index (κ1) is 11.6. The second-order valence-electron chi connectivity index (χ2n) is 4.53. The van der Waals surface area contributed by atoms with Crippen molar-refractivity contribution in [2.24, 2.45) is 0 Å². The van der Waals surface area contributed by atoms with Crippen molar-refractivity contribution in [2.75, 3.05) is 5.73 Å². The highest BCUT2D eigenvalue weighted by atomic mass is 14.9. The normalized spacial score (nSPS) is 10.6. The molecule has 0 spiro atoms. The summed E-state index contributed by atoms with van der Waals surface area (Å²) in [6.45, 7) is 8.18. The fraction of sp³-hybridized carbons (Fsp3) is 0.286. The summed E-state index contributed by atoms with van der Waals surface area (Å²) in [6.07, 6.45) is 0. The highest BCUT2D eigenvalue weighted by molar-refractivity contribution is 5.66. The molecule has 2 rings (SSSR count). The predicted molar refractivity (Wildman–Crippen MR) is 70.8 cm³/mol. The van der Waals surface area contributed by atoms with Crippen molar-refractivity contribution >= 4 is 5.82 Å². The van der Waals surface area contributed by atoms with E-state index < -0.39 is 0 Å². The smallest absolute Gasteiger partial charge is 0.162 e. The Morgan fingerprint density at radius 3 is 2.00 bits per heavy atom. The van der Waals surface area contributed by atoms with Crippen LogP contribution in [0.5, 0.6) is 0 Å². The third-order valence-corrected chi connectivity index (χ3v) is 2.77. The molecule has 3 heteroatoms. The number of nitrogen functional groups attached to an aromatic ring is 1. The third kappa shape index (κ3) is 2.28. The molecule has 17 heavy (non-hydrogen) atoms. The summed E-state index contributed by atoms with van der Waals surface area (Å²) >= 11 is 0. The van der Waals surface area contributed by atoms with Crippen LogP contribution in [0.2, 0.25) is 0 Å². The lowest BCUT2D eigenvalue weighted by Crippen LogP contribution is -2.00. The number of nitrogens with two attached hydrogens (primary N) is 1. The molecule has 0 saturated carbocycles. The van der Waals surface area contributed by atoms with Crippen LogP contribution in [0.4, 0.5) is 5.82 Å². The van der Waals surface area contributed by atoms with E-state index in [1.807, 2.05) is 6.92 Å². The third-order valence-electron chi connectivity index (χ3n) is 2.77. The van der Waals surface area contributed by atoms with E-state index in [-0.39, 0.29) is 0 Å². The highest BCUT2D eigenvalue weighted by Crippen LogP contribution is 2.26. The number of aryl methyl sites for hydroxylation is 4. The van der Waals surface area contributed by atoms with Gasteiger partial charge in [-0.05, 0) is 38.8 Å². The van der Waals surface area contributed by atoms with E-state index in [0.29, 0.717) is 5.82 Å². The molecule has 0 amide bonds. The second-order valence-corrected chi connectivity index (χ2v) is 4.53. The molecule has 1 aromatic heterocycles. The van der Waals surface area contributed by atoms with Gasteiger partial charge in [-0.1, -0.05) is 17.7 Å². The lowest BCUT2D eigenvalue weighted by atomic mass is 9.99. The van der Waals surface area contributed by atoms with E-state index in [9.17, 15) is 0 Å². The number of anilines is 1. The SMILES string of the molecule is Cc1cc(C)c(-c2nc(C)cc(N)n2)c(C)c1. The van der Waals surface area contributed by atoms with Crippen molar-refractivity contribution in [1.29, 1.82) is 0 Å². The zero-order chi connectivity index (χ0) is 12.6. The summed E-state index contributed by atoms with van der Waals surface area (Å²) in [6, 6.07) is 6.07. The van der Waals surface area contributed by atoms with Crippen molar-refractivity contribution in [3.63, 3.8) is 0 Å². The highest BCUT2D eigenvalue weighted by Gasteiger charge is 2.10. The Hall–Kier alpha value is -1.90. The van der Waals surface area contributed by atoms with Crippen LogP contribution in [-0.4, -0.2) is 9.97 Å². The Morgan fingerprint density at radius 2 is 1.47 bits per heavy atom. The van der Waals surface area contributed by atoms with Gasteiger partial charge in [-0.25, -0.2) is 9.97 Å². The Labute approximate surface area is 102 Å². The molecular formula is C14H17N3. The van der Waals surface area contributed by atoms with Crippen LogP contribution in [0.3, 0.4) is 0 Å². The Kier molecular flexibility index (Phi) is 2.84. The van der Waals surface area contributed by atoms with Crippen molar-refractivity contribution in [2.45, 2.75) is 27.7 Å². The minimum Gasteiger partial charge on any atom is -0.384 e. The summed E-state index contributed by atoms with van der Waals surface area (Å²) < 4.78 is 0. The van der Waals surface area contributed by atoms with Crippen LogP contribution in [0.1, 0.15) is 22.4 Å². The second kappa shape index (κ2) is 4.17. The Balaban J connectivity index is 2.68. The largest absolute Gasteiger partial charge is 0.384 e. The molecule has 0 atom stereocenters. The number of hydrogen-bond donors (Lipinski definition) is 1. The molecule has 0 aliphatic carbocycles. The first-order chi connectivity index (χ1) is 7.97. The molecule has 1 aromatic carbocycles. The monoisotopic (exact) mass is 227 g/mol. The number of aromatic nitrogens is 2. The first-order valence-electron chi connectivity index (χ1n) is 5.67. The molecule has 3 nitrogen and oxygen atoms in total. The van der Waals surface area contributed by atoms with Crippen LogP contribution < -0.4 is 5.73 Å². The molecule has 2 N–H and O–H groups in total. The fourth-order valence-electron chi connectivity index (χ4n) is 2.24. The molecule has 2 aromatic rings. The van der Waals surface area contributed by atoms with Gasteiger partial charge in [0.1, 0.15) is 5.82 Å². The van der Waals surface area contributed by atoms with Gasteiger partial charge in [0, 0.05) is 17.3 Å². The summed E-state index contributed by atoms with van der Waals surface area (Å²) in [4.78, 5) is 8.79. The van der Waals surface area contributed by atoms with E-state index in [2.05, 4.69) is 42.9 Å². The molecule has 1 heterocycles. The van der Waals surface area contributed by atoms with Crippen LogP contribution in [0.25, 0.3) is 11.4 Å². The van der Waals surface area contributed by atoms with Crippen molar-refractivity contribution in [1.82, 2.24) is 9.97 Å². The molecule has 0 aliphatic heterocycles. The van der Waals surface area contributed by atoms with E-state index in [1.54, 1.807) is 6.07 Å². The van der Waals surface area contributed by atoms with Crippen molar-refractivity contribution in [3.8, 4) is 11.4 Å². The van der Waals surface area contributed by atoms with Gasteiger partial charge >= 0.3 is 0 Å². The molecule has 0 fully saturated rings. The zero-order valence-electron chi connectivity index (χ0n) is 10.7. The van der Waals surface area contributed by atoms with E-state index >= 15 is 0 Å². The van der Waals surface area contributed by atoms with Gasteiger partial charge < -0.3 is 5.73 Å². The Bertz CT molecular complexity index is 530. The standard InChI is InChI=1S/C14H17N3/c1-8-5-9(2)13(10(3)6-8)14-16-11(4)7-12(15)17-14/h5-7H,1-4H3,(H2,15,16,17).